The van der Waals surface area contributed by atoms with Crippen LogP contribution in [0.4, 0.5) is 13.2 Å². The first-order valence-electron chi connectivity index (χ1n) is 8.58. The molecule has 140 valence electrons. The first-order valence-corrected chi connectivity index (χ1v) is 8.58. The van der Waals surface area contributed by atoms with Gasteiger partial charge < -0.3 is 18.9 Å². The van der Waals surface area contributed by atoms with Gasteiger partial charge >= 0.3 is 6.18 Å². The van der Waals surface area contributed by atoms with Gasteiger partial charge in [-0.25, -0.2) is 4.98 Å². The maximum Gasteiger partial charge on any atom is 0.449 e. The molecule has 0 unspecified atom stereocenters. The van der Waals surface area contributed by atoms with Crippen molar-refractivity contribution in [2.45, 2.75) is 32.0 Å². The largest absolute Gasteiger partial charge is 0.486 e. The van der Waals surface area contributed by atoms with Crippen molar-refractivity contribution < 1.29 is 27.4 Å². The molecule has 1 saturated heterocycles. The highest BCUT2D eigenvalue weighted by Crippen LogP contribution is 2.38. The molecule has 0 bridgehead atoms. The van der Waals surface area contributed by atoms with Crippen LogP contribution in [0, 0.1) is 0 Å². The van der Waals surface area contributed by atoms with Crippen molar-refractivity contribution in [1.82, 2.24) is 14.5 Å². The number of fused-ring (bicyclic) bond motifs is 2. The molecule has 1 aromatic carbocycles. The van der Waals surface area contributed by atoms with E-state index in [0.29, 0.717) is 37.8 Å². The Kier molecular flexibility index (Phi) is 4.16. The highest BCUT2D eigenvalue weighted by atomic mass is 19.4. The lowest BCUT2D eigenvalue weighted by Gasteiger charge is -2.27. The number of alkyl halides is 3. The summed E-state index contributed by atoms with van der Waals surface area (Å²) in [5.74, 6) is -0.682. The molecular weight excluding hydrogens is 351 g/mol. The SMILES string of the molecule is O=C(Cn1c(C(F)(F)F)nc2cc3c(cc21)OCCO3)N1CCCCC1. The number of amides is 1. The van der Waals surface area contributed by atoms with Crippen LogP contribution in [0.25, 0.3) is 11.0 Å². The third-order valence-corrected chi connectivity index (χ3v) is 4.67. The Balaban J connectivity index is 1.76. The molecule has 4 rings (SSSR count). The lowest BCUT2D eigenvalue weighted by molar-refractivity contribution is -0.148. The van der Waals surface area contributed by atoms with Crippen molar-refractivity contribution in [3.8, 4) is 11.5 Å². The van der Waals surface area contributed by atoms with Crippen LogP contribution in [0.15, 0.2) is 12.1 Å². The van der Waals surface area contributed by atoms with E-state index in [1.165, 1.54) is 12.1 Å². The number of rotatable bonds is 2. The van der Waals surface area contributed by atoms with Crippen LogP contribution in [0.5, 0.6) is 11.5 Å². The average molecular weight is 369 g/mol. The van der Waals surface area contributed by atoms with Gasteiger partial charge in [0.05, 0.1) is 11.0 Å². The number of carbonyl (C=O) groups is 1. The van der Waals surface area contributed by atoms with Gasteiger partial charge in [0, 0.05) is 25.2 Å². The van der Waals surface area contributed by atoms with Crippen molar-refractivity contribution in [2.75, 3.05) is 26.3 Å². The number of aromatic nitrogens is 2. The summed E-state index contributed by atoms with van der Waals surface area (Å²) >= 11 is 0. The Morgan fingerprint density at radius 1 is 1.08 bits per heavy atom. The van der Waals surface area contributed by atoms with E-state index in [1.807, 2.05) is 0 Å². The summed E-state index contributed by atoms with van der Waals surface area (Å²) in [6, 6.07) is 2.90. The van der Waals surface area contributed by atoms with E-state index in [4.69, 9.17) is 9.47 Å². The van der Waals surface area contributed by atoms with Crippen molar-refractivity contribution in [3.63, 3.8) is 0 Å². The fraction of sp³-hybridized carbons (Fsp3) is 0.529. The minimum atomic E-state index is -4.66. The Morgan fingerprint density at radius 2 is 1.73 bits per heavy atom. The number of halogens is 3. The predicted molar refractivity (Wildman–Crippen MR) is 86.2 cm³/mol. The van der Waals surface area contributed by atoms with Crippen LogP contribution in [0.1, 0.15) is 25.1 Å². The minimum absolute atomic E-state index is 0.132. The van der Waals surface area contributed by atoms with Gasteiger partial charge in [0.2, 0.25) is 11.7 Å². The Bertz CT molecular complexity index is 841. The number of nitrogens with zero attached hydrogens (tertiary/aromatic N) is 3. The molecule has 1 aromatic heterocycles. The second-order valence-corrected chi connectivity index (χ2v) is 6.45. The first-order chi connectivity index (χ1) is 12.4. The molecule has 0 atom stereocenters. The molecule has 2 aliphatic rings. The maximum absolute atomic E-state index is 13.5. The molecule has 2 aromatic rings. The van der Waals surface area contributed by atoms with E-state index < -0.39 is 18.5 Å². The standard InChI is InChI=1S/C17H18F3N3O3/c18-17(19,20)16-21-11-8-13-14(26-7-6-25-13)9-12(11)23(16)10-15(24)22-4-2-1-3-5-22/h8-9H,1-7,10H2. The molecular formula is C17H18F3N3O3. The van der Waals surface area contributed by atoms with E-state index in [1.54, 1.807) is 4.90 Å². The smallest absolute Gasteiger partial charge is 0.449 e. The summed E-state index contributed by atoms with van der Waals surface area (Å²) in [5.41, 5.74) is 0.347. The van der Waals surface area contributed by atoms with E-state index in [9.17, 15) is 18.0 Å². The van der Waals surface area contributed by atoms with Crippen molar-refractivity contribution in [3.05, 3.63) is 18.0 Å². The second kappa shape index (κ2) is 6.37. The van der Waals surface area contributed by atoms with Crippen molar-refractivity contribution >= 4 is 16.9 Å². The van der Waals surface area contributed by atoms with Gasteiger partial charge in [-0.3, -0.25) is 4.79 Å². The van der Waals surface area contributed by atoms with Gasteiger partial charge in [0.1, 0.15) is 19.8 Å². The summed E-state index contributed by atoms with van der Waals surface area (Å²) < 4.78 is 52.3. The molecule has 1 fully saturated rings. The van der Waals surface area contributed by atoms with E-state index in [2.05, 4.69) is 4.98 Å². The van der Waals surface area contributed by atoms with Crippen LogP contribution in [0.2, 0.25) is 0 Å². The van der Waals surface area contributed by atoms with Gasteiger partial charge in [-0.05, 0) is 19.3 Å². The van der Waals surface area contributed by atoms with Crippen LogP contribution >= 0.6 is 0 Å². The third-order valence-electron chi connectivity index (χ3n) is 4.67. The molecule has 1 amide bonds. The van der Waals surface area contributed by atoms with Gasteiger partial charge in [0.15, 0.2) is 11.5 Å². The van der Waals surface area contributed by atoms with Crippen LogP contribution in [-0.2, 0) is 17.5 Å². The third kappa shape index (κ3) is 3.06. The van der Waals surface area contributed by atoms with Crippen LogP contribution < -0.4 is 9.47 Å². The highest BCUT2D eigenvalue weighted by Gasteiger charge is 2.38. The zero-order valence-electron chi connectivity index (χ0n) is 14.0. The number of piperidine rings is 1. The zero-order valence-corrected chi connectivity index (χ0v) is 14.0. The molecule has 6 nitrogen and oxygen atoms in total. The number of imidazole rings is 1. The maximum atomic E-state index is 13.5. The van der Waals surface area contributed by atoms with Crippen LogP contribution in [-0.4, -0.2) is 46.7 Å². The van der Waals surface area contributed by atoms with Crippen LogP contribution in [0.3, 0.4) is 0 Å². The molecule has 0 aliphatic carbocycles. The average Bonchev–Trinajstić information content (AvgIpc) is 2.98. The highest BCUT2D eigenvalue weighted by molar-refractivity contribution is 5.84. The molecule has 2 aliphatic heterocycles. The number of hydrogen-bond donors (Lipinski definition) is 0. The van der Waals surface area contributed by atoms with Gasteiger partial charge in [-0.1, -0.05) is 0 Å². The number of carbonyl (C=O) groups excluding carboxylic acids is 1. The Labute approximate surface area is 147 Å². The molecule has 0 radical (unpaired) electrons. The number of likely N-dealkylation sites (tertiary alicyclic amines) is 1. The van der Waals surface area contributed by atoms with Crippen molar-refractivity contribution in [2.24, 2.45) is 0 Å². The summed E-state index contributed by atoms with van der Waals surface area (Å²) in [7, 11) is 0. The Hall–Kier alpha value is -2.45. The van der Waals surface area contributed by atoms with Gasteiger partial charge in [0.25, 0.3) is 0 Å². The first kappa shape index (κ1) is 17.0. The molecule has 0 spiro atoms. The summed E-state index contributed by atoms with van der Waals surface area (Å²) in [5, 5.41) is 0. The molecule has 26 heavy (non-hydrogen) atoms. The van der Waals surface area contributed by atoms with E-state index in [0.717, 1.165) is 23.8 Å². The lowest BCUT2D eigenvalue weighted by Crippen LogP contribution is -2.38. The van der Waals surface area contributed by atoms with Gasteiger partial charge in [-0.15, -0.1) is 0 Å². The van der Waals surface area contributed by atoms with E-state index in [-0.39, 0.29) is 16.9 Å². The number of ether oxygens (including phenoxy) is 2. The fourth-order valence-electron chi connectivity index (χ4n) is 3.42. The predicted octanol–water partition coefficient (Wildman–Crippen LogP) is 2.84. The van der Waals surface area contributed by atoms with E-state index >= 15 is 0 Å². The zero-order chi connectivity index (χ0) is 18.3. The quantitative estimate of drug-likeness (QED) is 0.817. The summed E-state index contributed by atoms with van der Waals surface area (Å²) in [6.45, 7) is 1.42. The monoisotopic (exact) mass is 369 g/mol. The summed E-state index contributed by atoms with van der Waals surface area (Å²) in [4.78, 5) is 17.9. The second-order valence-electron chi connectivity index (χ2n) is 6.45. The van der Waals surface area contributed by atoms with Gasteiger partial charge in [-0.2, -0.15) is 13.2 Å². The normalized spacial score (nSPS) is 17.6. The van der Waals surface area contributed by atoms with Crippen molar-refractivity contribution in [1.29, 1.82) is 0 Å². The minimum Gasteiger partial charge on any atom is -0.486 e. The Morgan fingerprint density at radius 3 is 2.38 bits per heavy atom. The molecule has 3 heterocycles. The fourth-order valence-corrected chi connectivity index (χ4v) is 3.42. The lowest BCUT2D eigenvalue weighted by atomic mass is 10.1. The molecule has 9 heteroatoms. The molecule has 0 N–H and O–H groups in total. The topological polar surface area (TPSA) is 56.6 Å². The molecule has 0 saturated carbocycles. The number of hydrogen-bond acceptors (Lipinski definition) is 4. The number of benzene rings is 1. The summed E-state index contributed by atoms with van der Waals surface area (Å²) in [6.07, 6.45) is -1.87.